The molecule has 10 nitrogen and oxygen atoms in total. The van der Waals surface area contributed by atoms with Crippen molar-refractivity contribution in [2.75, 3.05) is 25.4 Å². The van der Waals surface area contributed by atoms with Gasteiger partial charge in [0.05, 0.1) is 23.6 Å². The van der Waals surface area contributed by atoms with Crippen molar-refractivity contribution in [1.82, 2.24) is 14.9 Å². The summed E-state index contributed by atoms with van der Waals surface area (Å²) in [5, 5.41) is 18.1. The normalized spacial score (nSPS) is 24.3. The van der Waals surface area contributed by atoms with Gasteiger partial charge >= 0.3 is 7.12 Å². The Morgan fingerprint density at radius 1 is 1.27 bits per heavy atom. The molecule has 0 aliphatic carbocycles. The molecule has 2 aliphatic heterocycles. The van der Waals surface area contributed by atoms with Gasteiger partial charge in [-0.3, -0.25) is 4.79 Å². The summed E-state index contributed by atoms with van der Waals surface area (Å²) in [4.78, 5) is 21.3. The lowest BCUT2D eigenvalue weighted by Gasteiger charge is -2.32. The maximum Gasteiger partial charge on any atom is 0.498 e. The third-order valence-electron chi connectivity index (χ3n) is 5.96. The highest BCUT2D eigenvalue weighted by molar-refractivity contribution is 7.91. The van der Waals surface area contributed by atoms with Crippen LogP contribution in [-0.2, 0) is 23.9 Å². The highest BCUT2D eigenvalue weighted by Gasteiger charge is 2.52. The van der Waals surface area contributed by atoms with Crippen molar-refractivity contribution in [2.24, 2.45) is 5.92 Å². The summed E-state index contributed by atoms with van der Waals surface area (Å²) < 4.78 is 37.3. The average Bonchev–Trinajstić information content (AvgIpc) is 3.21. The molecule has 2 atom stereocenters. The number of carbonyl (C=O) groups is 1. The van der Waals surface area contributed by atoms with Crippen LogP contribution < -0.4 is 5.46 Å². The molecule has 2 saturated heterocycles. The van der Waals surface area contributed by atoms with E-state index in [0.29, 0.717) is 18.4 Å². The minimum absolute atomic E-state index is 0.196. The predicted molar refractivity (Wildman–Crippen MR) is 108 cm³/mol. The van der Waals surface area contributed by atoms with Gasteiger partial charge in [-0.25, -0.2) is 18.4 Å². The van der Waals surface area contributed by atoms with Crippen LogP contribution in [0.4, 0.5) is 0 Å². The topological polar surface area (TPSA) is 139 Å². The zero-order valence-corrected chi connectivity index (χ0v) is 18.4. The molecule has 3 rings (SSSR count). The van der Waals surface area contributed by atoms with Crippen LogP contribution in [0.15, 0.2) is 17.6 Å². The standard InChI is InChI=1S/C18H28BN3O7S/c1-17(2)18(3,4)29-19(28-17)13-7-20-16(21-8-13)30(26,27)11-12-5-6-22(9-12)15(25)14(24)10-23/h7-8,12,14,23-24H,5-6,9-11H2,1-4H3/t12-,14-/m1/s1. The summed E-state index contributed by atoms with van der Waals surface area (Å²) in [6.45, 7) is 7.54. The number of aliphatic hydroxyl groups excluding tert-OH is 2. The summed E-state index contributed by atoms with van der Waals surface area (Å²) in [7, 11) is -4.44. The molecule has 1 aromatic heterocycles. The maximum atomic E-state index is 12.7. The van der Waals surface area contributed by atoms with Gasteiger partial charge in [-0.15, -0.1) is 0 Å². The lowest BCUT2D eigenvalue weighted by molar-refractivity contribution is -0.141. The number of rotatable bonds is 6. The molecule has 2 fully saturated rings. The van der Waals surface area contributed by atoms with Crippen LogP contribution in [0.5, 0.6) is 0 Å². The minimum Gasteiger partial charge on any atom is -0.399 e. The van der Waals surface area contributed by atoms with E-state index in [4.69, 9.17) is 14.4 Å². The Hall–Kier alpha value is -1.60. The predicted octanol–water partition coefficient (Wildman–Crippen LogP) is -1.25. The van der Waals surface area contributed by atoms with Crippen molar-refractivity contribution >= 4 is 28.3 Å². The fourth-order valence-corrected chi connectivity index (χ4v) is 4.90. The molecule has 0 spiro atoms. The number of carbonyl (C=O) groups excluding carboxylic acids is 1. The van der Waals surface area contributed by atoms with E-state index in [0.717, 1.165) is 0 Å². The molecule has 2 aliphatic rings. The van der Waals surface area contributed by atoms with E-state index in [-0.39, 0.29) is 23.4 Å². The van der Waals surface area contributed by atoms with Crippen LogP contribution in [0.25, 0.3) is 0 Å². The van der Waals surface area contributed by atoms with Gasteiger partial charge in [0.25, 0.3) is 5.91 Å². The first-order valence-electron chi connectivity index (χ1n) is 9.84. The number of hydrogen-bond donors (Lipinski definition) is 2. The largest absolute Gasteiger partial charge is 0.498 e. The molecule has 166 valence electrons. The molecular formula is C18H28BN3O7S. The summed E-state index contributed by atoms with van der Waals surface area (Å²) in [5.41, 5.74) is -0.529. The van der Waals surface area contributed by atoms with Crippen LogP contribution in [0, 0.1) is 5.92 Å². The first-order chi connectivity index (χ1) is 13.9. The zero-order chi connectivity index (χ0) is 22.3. The second kappa shape index (κ2) is 8.15. The number of aliphatic hydroxyl groups is 2. The summed E-state index contributed by atoms with van der Waals surface area (Å²) in [5.74, 6) is -1.10. The molecular weight excluding hydrogens is 413 g/mol. The molecule has 0 saturated carbocycles. The smallest absolute Gasteiger partial charge is 0.399 e. The summed E-state index contributed by atoms with van der Waals surface area (Å²) in [6, 6.07) is 0. The van der Waals surface area contributed by atoms with Crippen molar-refractivity contribution in [1.29, 1.82) is 0 Å². The van der Waals surface area contributed by atoms with Crippen LogP contribution in [0.2, 0.25) is 0 Å². The molecule has 12 heteroatoms. The molecule has 2 N–H and O–H groups in total. The molecule has 0 radical (unpaired) electrons. The molecule has 3 heterocycles. The van der Waals surface area contributed by atoms with E-state index >= 15 is 0 Å². The Kier molecular flexibility index (Phi) is 6.27. The van der Waals surface area contributed by atoms with Crippen molar-refractivity contribution in [3.8, 4) is 0 Å². The molecule has 0 bridgehead atoms. The lowest BCUT2D eigenvalue weighted by atomic mass is 9.81. The highest BCUT2D eigenvalue weighted by atomic mass is 32.2. The van der Waals surface area contributed by atoms with Gasteiger partial charge in [0, 0.05) is 30.9 Å². The molecule has 0 aromatic carbocycles. The lowest BCUT2D eigenvalue weighted by Crippen LogP contribution is -2.41. The van der Waals surface area contributed by atoms with E-state index < -0.39 is 46.8 Å². The summed E-state index contributed by atoms with van der Waals surface area (Å²) >= 11 is 0. The summed E-state index contributed by atoms with van der Waals surface area (Å²) in [6.07, 6.45) is 1.79. The van der Waals surface area contributed by atoms with Crippen molar-refractivity contribution in [2.45, 2.75) is 56.6 Å². The van der Waals surface area contributed by atoms with Gasteiger partial charge in [-0.2, -0.15) is 0 Å². The maximum absolute atomic E-state index is 12.7. The Morgan fingerprint density at radius 2 is 1.83 bits per heavy atom. The van der Waals surface area contributed by atoms with Gasteiger partial charge < -0.3 is 24.4 Å². The van der Waals surface area contributed by atoms with Crippen molar-refractivity contribution in [3.05, 3.63) is 12.4 Å². The molecule has 1 amide bonds. The average molecular weight is 441 g/mol. The highest BCUT2D eigenvalue weighted by Crippen LogP contribution is 2.36. The van der Waals surface area contributed by atoms with Gasteiger partial charge in [-0.05, 0) is 40.0 Å². The quantitative estimate of drug-likeness (QED) is 0.410. The monoisotopic (exact) mass is 441 g/mol. The van der Waals surface area contributed by atoms with Crippen LogP contribution in [0.3, 0.4) is 0 Å². The molecule has 1 aromatic rings. The van der Waals surface area contributed by atoms with Crippen LogP contribution in [-0.4, -0.2) is 89.3 Å². The minimum atomic E-state index is -3.76. The number of sulfone groups is 1. The van der Waals surface area contributed by atoms with Crippen molar-refractivity contribution in [3.63, 3.8) is 0 Å². The third-order valence-corrected chi connectivity index (χ3v) is 7.64. The van der Waals surface area contributed by atoms with Gasteiger partial charge in [-0.1, -0.05) is 0 Å². The molecule has 0 unspecified atom stereocenters. The number of aromatic nitrogens is 2. The van der Waals surface area contributed by atoms with E-state index in [2.05, 4.69) is 9.97 Å². The third kappa shape index (κ3) is 4.52. The second-order valence-electron chi connectivity index (χ2n) is 8.81. The fourth-order valence-electron chi connectivity index (χ4n) is 3.43. The number of nitrogens with zero attached hydrogens (tertiary/aromatic N) is 3. The van der Waals surface area contributed by atoms with E-state index in [1.165, 1.54) is 17.3 Å². The van der Waals surface area contributed by atoms with E-state index in [1.807, 2.05) is 27.7 Å². The SMILES string of the molecule is CC1(C)OB(c2cnc(S(=O)(=O)C[C@@H]3CCN(C(=O)[C@H](O)CO)C3)nc2)OC1(C)C. The van der Waals surface area contributed by atoms with Crippen LogP contribution >= 0.6 is 0 Å². The van der Waals surface area contributed by atoms with Crippen molar-refractivity contribution < 1.29 is 32.7 Å². The van der Waals surface area contributed by atoms with Gasteiger partial charge in [0.2, 0.25) is 15.0 Å². The first kappa shape index (κ1) is 23.1. The number of amides is 1. The first-order valence-corrected chi connectivity index (χ1v) is 11.5. The number of hydrogen-bond acceptors (Lipinski definition) is 9. The van der Waals surface area contributed by atoms with E-state index in [1.54, 1.807) is 0 Å². The number of likely N-dealkylation sites (tertiary alicyclic amines) is 1. The Morgan fingerprint density at radius 3 is 2.37 bits per heavy atom. The van der Waals surface area contributed by atoms with Crippen LogP contribution in [0.1, 0.15) is 34.1 Å². The Bertz CT molecular complexity index is 876. The molecule has 30 heavy (non-hydrogen) atoms. The van der Waals surface area contributed by atoms with Gasteiger partial charge in [0.1, 0.15) is 0 Å². The zero-order valence-electron chi connectivity index (χ0n) is 17.6. The second-order valence-corrected chi connectivity index (χ2v) is 10.7. The van der Waals surface area contributed by atoms with E-state index in [9.17, 15) is 18.3 Å². The van der Waals surface area contributed by atoms with Gasteiger partial charge in [0.15, 0.2) is 6.10 Å². The fraction of sp³-hybridized carbons (Fsp3) is 0.722. The Labute approximate surface area is 176 Å². The Balaban J connectivity index is 1.64.